The van der Waals surface area contributed by atoms with E-state index in [1.165, 1.54) is 5.56 Å². The summed E-state index contributed by atoms with van der Waals surface area (Å²) in [4.78, 5) is 21.4. The Morgan fingerprint density at radius 1 is 1.19 bits per heavy atom. The van der Waals surface area contributed by atoms with Crippen LogP contribution in [0.5, 0.6) is 0 Å². The molecular formula is C20H26N4OS. The van der Waals surface area contributed by atoms with Crippen LogP contribution in [0, 0.1) is 0 Å². The Bertz CT molecular complexity index is 745. The molecule has 4 rings (SSSR count). The second kappa shape index (κ2) is 7.86. The summed E-state index contributed by atoms with van der Waals surface area (Å²) >= 11 is 1.61. The number of nitrogens with one attached hydrogen (secondary N) is 1. The van der Waals surface area contributed by atoms with E-state index in [-0.39, 0.29) is 5.91 Å². The van der Waals surface area contributed by atoms with Crippen LogP contribution >= 0.6 is 11.3 Å². The van der Waals surface area contributed by atoms with Crippen LogP contribution in [0.1, 0.15) is 24.1 Å². The van der Waals surface area contributed by atoms with Gasteiger partial charge < -0.3 is 10.2 Å². The third-order valence-corrected chi connectivity index (χ3v) is 5.98. The molecule has 2 heterocycles. The predicted octanol–water partition coefficient (Wildman–Crippen LogP) is 2.38. The van der Waals surface area contributed by atoms with Gasteiger partial charge in [0, 0.05) is 49.7 Å². The monoisotopic (exact) mass is 370 g/mol. The number of benzene rings is 1. The molecule has 1 aromatic carbocycles. The first-order valence-corrected chi connectivity index (χ1v) is 10.3. The first-order valence-electron chi connectivity index (χ1n) is 9.40. The Kier molecular flexibility index (Phi) is 5.33. The minimum Gasteiger partial charge on any atom is -0.353 e. The summed E-state index contributed by atoms with van der Waals surface area (Å²) in [6.45, 7) is 5.58. The molecule has 5 nitrogen and oxygen atoms in total. The van der Waals surface area contributed by atoms with Gasteiger partial charge in [0.05, 0.1) is 12.1 Å². The van der Waals surface area contributed by atoms with Crippen molar-refractivity contribution in [3.8, 4) is 10.6 Å². The Hall–Kier alpha value is -1.76. The van der Waals surface area contributed by atoms with E-state index in [9.17, 15) is 4.79 Å². The van der Waals surface area contributed by atoms with E-state index in [0.29, 0.717) is 12.5 Å². The third kappa shape index (κ3) is 4.69. The zero-order valence-electron chi connectivity index (χ0n) is 15.3. The molecule has 1 amide bonds. The summed E-state index contributed by atoms with van der Waals surface area (Å²) in [5.74, 6) is 0.0897. The van der Waals surface area contributed by atoms with Crippen molar-refractivity contribution in [3.05, 3.63) is 40.9 Å². The van der Waals surface area contributed by atoms with Crippen molar-refractivity contribution in [1.29, 1.82) is 0 Å². The molecule has 1 saturated carbocycles. The molecule has 0 atom stereocenters. The summed E-state index contributed by atoms with van der Waals surface area (Å²) < 4.78 is 0. The van der Waals surface area contributed by atoms with Crippen LogP contribution in [0.2, 0.25) is 0 Å². The molecule has 6 heteroatoms. The van der Waals surface area contributed by atoms with Crippen molar-refractivity contribution >= 4 is 17.2 Å². The van der Waals surface area contributed by atoms with Gasteiger partial charge in [0.2, 0.25) is 5.91 Å². The molecule has 1 aliphatic heterocycles. The Morgan fingerprint density at radius 2 is 1.92 bits per heavy atom. The number of nitrogens with zero attached hydrogens (tertiary/aromatic N) is 3. The number of carbonyl (C=O) groups is 1. The van der Waals surface area contributed by atoms with Crippen molar-refractivity contribution in [2.45, 2.75) is 31.8 Å². The fraction of sp³-hybridized carbons (Fsp3) is 0.500. The van der Waals surface area contributed by atoms with Crippen LogP contribution in [0.25, 0.3) is 10.6 Å². The molecule has 138 valence electrons. The topological polar surface area (TPSA) is 48.5 Å². The van der Waals surface area contributed by atoms with Gasteiger partial charge in [0.15, 0.2) is 0 Å². The Morgan fingerprint density at radius 3 is 2.62 bits per heavy atom. The van der Waals surface area contributed by atoms with Crippen molar-refractivity contribution in [3.63, 3.8) is 0 Å². The van der Waals surface area contributed by atoms with Crippen LogP contribution in [0.3, 0.4) is 0 Å². The van der Waals surface area contributed by atoms with Gasteiger partial charge in [-0.1, -0.05) is 24.3 Å². The summed E-state index contributed by atoms with van der Waals surface area (Å²) in [6, 6.07) is 9.12. The maximum Gasteiger partial charge on any atom is 0.226 e. The van der Waals surface area contributed by atoms with Gasteiger partial charge in [0.25, 0.3) is 0 Å². The second-order valence-electron chi connectivity index (χ2n) is 7.44. The number of aromatic nitrogens is 1. The predicted molar refractivity (Wildman–Crippen MR) is 105 cm³/mol. The van der Waals surface area contributed by atoms with E-state index >= 15 is 0 Å². The van der Waals surface area contributed by atoms with Crippen molar-refractivity contribution in [2.24, 2.45) is 0 Å². The third-order valence-electron chi connectivity index (χ3n) is 5.04. The van der Waals surface area contributed by atoms with Gasteiger partial charge in [-0.25, -0.2) is 4.98 Å². The molecular weight excluding hydrogens is 344 g/mol. The number of likely N-dealkylation sites (N-methyl/N-ethyl adjacent to an activating group) is 1. The number of hydrogen-bond acceptors (Lipinski definition) is 5. The minimum absolute atomic E-state index is 0.0897. The van der Waals surface area contributed by atoms with E-state index in [1.807, 2.05) is 5.38 Å². The van der Waals surface area contributed by atoms with Gasteiger partial charge in [-0.15, -0.1) is 11.3 Å². The molecule has 0 spiro atoms. The number of piperazine rings is 1. The normalized spacial score (nSPS) is 18.8. The lowest BCUT2D eigenvalue weighted by atomic mass is 10.1. The quantitative estimate of drug-likeness (QED) is 0.848. The first kappa shape index (κ1) is 17.6. The van der Waals surface area contributed by atoms with Crippen molar-refractivity contribution in [1.82, 2.24) is 20.1 Å². The van der Waals surface area contributed by atoms with Crippen molar-refractivity contribution in [2.75, 3.05) is 33.2 Å². The fourth-order valence-electron chi connectivity index (χ4n) is 3.21. The molecule has 2 aromatic rings. The van der Waals surface area contributed by atoms with Crippen LogP contribution in [-0.4, -0.2) is 60.0 Å². The largest absolute Gasteiger partial charge is 0.353 e. The maximum absolute atomic E-state index is 11.9. The van der Waals surface area contributed by atoms with Gasteiger partial charge in [0.1, 0.15) is 5.01 Å². The van der Waals surface area contributed by atoms with E-state index in [0.717, 1.165) is 61.8 Å². The van der Waals surface area contributed by atoms with Gasteiger partial charge in [-0.05, 0) is 25.5 Å². The summed E-state index contributed by atoms with van der Waals surface area (Å²) in [5.41, 5.74) is 3.34. The lowest BCUT2D eigenvalue weighted by Gasteiger charge is -2.32. The first-order chi connectivity index (χ1) is 12.7. The lowest BCUT2D eigenvalue weighted by molar-refractivity contribution is -0.120. The average molecular weight is 371 g/mol. The van der Waals surface area contributed by atoms with E-state index < -0.39 is 0 Å². The fourth-order valence-corrected chi connectivity index (χ4v) is 4.03. The second-order valence-corrected chi connectivity index (χ2v) is 8.30. The van der Waals surface area contributed by atoms with Crippen LogP contribution in [0.4, 0.5) is 0 Å². The number of carbonyl (C=O) groups excluding carboxylic acids is 1. The molecule has 1 saturated heterocycles. The average Bonchev–Trinajstić information content (AvgIpc) is 3.33. The number of hydrogen-bond donors (Lipinski definition) is 1. The highest BCUT2D eigenvalue weighted by Gasteiger charge is 2.23. The lowest BCUT2D eigenvalue weighted by Crippen LogP contribution is -2.43. The summed E-state index contributed by atoms with van der Waals surface area (Å²) in [5, 5.41) is 6.01. The highest BCUT2D eigenvalue weighted by molar-refractivity contribution is 7.13. The Balaban J connectivity index is 1.33. The molecule has 1 N–H and O–H groups in total. The standard InChI is InChI=1S/C20H26N4OS/c1-23-8-10-24(11-9-23)13-15-2-4-16(5-3-15)20-22-18(14-26-20)12-19(25)21-17-6-7-17/h2-5,14,17H,6-13H2,1H3,(H,21,25). The molecule has 0 radical (unpaired) electrons. The van der Waals surface area contributed by atoms with E-state index in [1.54, 1.807) is 11.3 Å². The maximum atomic E-state index is 11.9. The number of thiazole rings is 1. The summed E-state index contributed by atoms with van der Waals surface area (Å²) in [7, 11) is 2.18. The van der Waals surface area contributed by atoms with Crippen LogP contribution < -0.4 is 5.32 Å². The zero-order valence-corrected chi connectivity index (χ0v) is 16.1. The minimum atomic E-state index is 0.0897. The zero-order chi connectivity index (χ0) is 17.9. The molecule has 2 aliphatic rings. The summed E-state index contributed by atoms with van der Waals surface area (Å²) in [6.07, 6.45) is 2.62. The van der Waals surface area contributed by atoms with Crippen LogP contribution in [0.15, 0.2) is 29.6 Å². The SMILES string of the molecule is CN1CCN(Cc2ccc(-c3nc(CC(=O)NC4CC4)cs3)cc2)CC1. The highest BCUT2D eigenvalue weighted by atomic mass is 32.1. The molecule has 1 aliphatic carbocycles. The molecule has 26 heavy (non-hydrogen) atoms. The number of rotatable bonds is 6. The highest BCUT2D eigenvalue weighted by Crippen LogP contribution is 2.25. The van der Waals surface area contributed by atoms with Crippen LogP contribution in [-0.2, 0) is 17.8 Å². The molecule has 0 bridgehead atoms. The van der Waals surface area contributed by atoms with E-state index in [2.05, 4.69) is 51.4 Å². The smallest absolute Gasteiger partial charge is 0.226 e. The van der Waals surface area contributed by atoms with Gasteiger partial charge >= 0.3 is 0 Å². The number of amides is 1. The molecule has 0 unspecified atom stereocenters. The van der Waals surface area contributed by atoms with Gasteiger partial charge in [-0.3, -0.25) is 9.69 Å². The molecule has 2 fully saturated rings. The van der Waals surface area contributed by atoms with Crippen molar-refractivity contribution < 1.29 is 4.79 Å². The Labute approximate surface area is 159 Å². The van der Waals surface area contributed by atoms with E-state index in [4.69, 9.17) is 0 Å². The van der Waals surface area contributed by atoms with Gasteiger partial charge in [-0.2, -0.15) is 0 Å². The molecule has 1 aromatic heterocycles.